The fourth-order valence-electron chi connectivity index (χ4n) is 2.18. The van der Waals surface area contributed by atoms with E-state index < -0.39 is 10.9 Å². The summed E-state index contributed by atoms with van der Waals surface area (Å²) in [6.45, 7) is 0. The second-order valence-corrected chi connectivity index (χ2v) is 6.62. The molecule has 1 nitrogen and oxygen atoms in total. The lowest BCUT2D eigenvalue weighted by molar-refractivity contribution is 0.475. The van der Waals surface area contributed by atoms with E-state index in [1.807, 2.05) is 0 Å². The summed E-state index contributed by atoms with van der Waals surface area (Å²) in [6, 6.07) is 19.2. The molecule has 3 aromatic carbocycles. The van der Waals surface area contributed by atoms with Gasteiger partial charge in [0.05, 0.1) is 0 Å². The van der Waals surface area contributed by atoms with Gasteiger partial charge in [-0.1, -0.05) is 24.3 Å². The van der Waals surface area contributed by atoms with Gasteiger partial charge in [-0.3, -0.25) is 0 Å². The first kappa shape index (κ1) is 14.6. The van der Waals surface area contributed by atoms with Crippen LogP contribution < -0.4 is 0 Å². The number of hydrogen-bond acceptors (Lipinski definition) is 1. The summed E-state index contributed by atoms with van der Waals surface area (Å²) < 4.78 is 28.5. The Balaban J connectivity index is 2.21. The van der Waals surface area contributed by atoms with Crippen molar-refractivity contribution in [3.63, 3.8) is 0 Å². The molecule has 0 amide bonds. The largest absolute Gasteiger partial charge is 0.508 e. The van der Waals surface area contributed by atoms with Gasteiger partial charge >= 0.3 is 0 Å². The minimum absolute atomic E-state index is 0.120. The Morgan fingerprint density at radius 1 is 0.636 bits per heavy atom. The number of phenolic OH excluding ortho intramolecular Hbond substituents is 1. The van der Waals surface area contributed by atoms with Gasteiger partial charge in [0.15, 0.2) is 16.5 Å². The Hall–Kier alpha value is -2.33. The van der Waals surface area contributed by atoms with Crippen LogP contribution in [0.4, 0.5) is 8.78 Å². The van der Waals surface area contributed by atoms with Crippen LogP contribution in [0.5, 0.6) is 5.75 Å². The van der Waals surface area contributed by atoms with Crippen molar-refractivity contribution in [3.8, 4) is 5.75 Å². The van der Waals surface area contributed by atoms with Gasteiger partial charge in [0.25, 0.3) is 0 Å². The van der Waals surface area contributed by atoms with Crippen molar-refractivity contribution in [1.29, 1.82) is 0 Å². The Labute approximate surface area is 130 Å². The van der Waals surface area contributed by atoms with Crippen molar-refractivity contribution >= 4 is 10.9 Å². The third-order valence-electron chi connectivity index (χ3n) is 3.19. The molecule has 0 radical (unpaired) electrons. The molecule has 0 aliphatic heterocycles. The SMILES string of the molecule is Oc1ccc([S+](c2ccccc2F)c2ccccc2F)cc1. The monoisotopic (exact) mass is 315 g/mol. The van der Waals surface area contributed by atoms with Crippen LogP contribution >= 0.6 is 0 Å². The molecule has 0 fully saturated rings. The summed E-state index contributed by atoms with van der Waals surface area (Å²) in [5, 5.41) is 9.44. The molecule has 0 unspecified atom stereocenters. The highest BCUT2D eigenvalue weighted by Gasteiger charge is 2.34. The highest BCUT2D eigenvalue weighted by molar-refractivity contribution is 7.97. The van der Waals surface area contributed by atoms with E-state index in [9.17, 15) is 13.9 Å². The van der Waals surface area contributed by atoms with E-state index in [1.165, 1.54) is 24.3 Å². The first-order valence-corrected chi connectivity index (χ1v) is 7.91. The highest BCUT2D eigenvalue weighted by atomic mass is 32.2. The minimum atomic E-state index is -0.907. The first-order valence-electron chi connectivity index (χ1n) is 6.69. The molecule has 3 rings (SSSR count). The number of halogens is 2. The zero-order valence-electron chi connectivity index (χ0n) is 11.5. The highest BCUT2D eigenvalue weighted by Crippen LogP contribution is 2.34. The van der Waals surface area contributed by atoms with Crippen LogP contribution in [-0.4, -0.2) is 5.11 Å². The second-order valence-electron chi connectivity index (χ2n) is 4.66. The first-order chi connectivity index (χ1) is 10.7. The smallest absolute Gasteiger partial charge is 0.202 e. The Morgan fingerprint density at radius 3 is 1.55 bits per heavy atom. The van der Waals surface area contributed by atoms with Crippen molar-refractivity contribution in [2.24, 2.45) is 0 Å². The molecule has 0 saturated carbocycles. The maximum atomic E-state index is 14.3. The standard InChI is InChI=1S/C18H12F2OS/c19-15-5-1-3-7-17(15)22(14-11-9-13(21)10-12-14)18-8-4-2-6-16(18)20/h1-12H/p+1. The van der Waals surface area contributed by atoms with Crippen LogP contribution in [0.15, 0.2) is 87.5 Å². The van der Waals surface area contributed by atoms with Crippen LogP contribution in [-0.2, 0) is 10.9 Å². The second kappa shape index (κ2) is 6.20. The van der Waals surface area contributed by atoms with Crippen molar-refractivity contribution in [3.05, 3.63) is 84.4 Å². The fourth-order valence-corrected chi connectivity index (χ4v) is 4.28. The average Bonchev–Trinajstić information content (AvgIpc) is 2.53. The molecule has 4 heteroatoms. The molecule has 0 heterocycles. The number of phenols is 1. The van der Waals surface area contributed by atoms with E-state index >= 15 is 0 Å². The van der Waals surface area contributed by atoms with Crippen LogP contribution in [0, 0.1) is 11.6 Å². The topological polar surface area (TPSA) is 20.2 Å². The van der Waals surface area contributed by atoms with Crippen LogP contribution in [0.25, 0.3) is 0 Å². The molecule has 22 heavy (non-hydrogen) atoms. The van der Waals surface area contributed by atoms with E-state index in [4.69, 9.17) is 0 Å². The van der Waals surface area contributed by atoms with Crippen molar-refractivity contribution < 1.29 is 13.9 Å². The van der Waals surface area contributed by atoms with E-state index in [0.717, 1.165) is 4.90 Å². The van der Waals surface area contributed by atoms with Gasteiger partial charge in [-0.05, 0) is 48.5 Å². The van der Waals surface area contributed by atoms with Gasteiger partial charge in [-0.2, -0.15) is 0 Å². The zero-order valence-corrected chi connectivity index (χ0v) is 12.4. The molecule has 0 aromatic heterocycles. The minimum Gasteiger partial charge on any atom is -0.508 e. The Bertz CT molecular complexity index is 742. The lowest BCUT2D eigenvalue weighted by Gasteiger charge is -2.09. The summed E-state index contributed by atoms with van der Waals surface area (Å²) in [5.41, 5.74) is 0. The van der Waals surface area contributed by atoms with Crippen molar-refractivity contribution in [2.75, 3.05) is 0 Å². The van der Waals surface area contributed by atoms with E-state index in [1.54, 1.807) is 48.5 Å². The molecule has 3 aromatic rings. The van der Waals surface area contributed by atoms with Crippen LogP contribution in [0.2, 0.25) is 0 Å². The van der Waals surface area contributed by atoms with Gasteiger partial charge in [0.1, 0.15) is 16.6 Å². The summed E-state index contributed by atoms with van der Waals surface area (Å²) in [7, 11) is -0.907. The quantitative estimate of drug-likeness (QED) is 0.691. The third-order valence-corrected chi connectivity index (χ3v) is 5.47. The van der Waals surface area contributed by atoms with Gasteiger partial charge in [0.2, 0.25) is 9.79 Å². The molecule has 0 bridgehead atoms. The number of aromatic hydroxyl groups is 1. The Kier molecular flexibility index (Phi) is 4.11. The van der Waals surface area contributed by atoms with E-state index in [-0.39, 0.29) is 17.4 Å². The number of rotatable bonds is 3. The van der Waals surface area contributed by atoms with E-state index in [0.29, 0.717) is 9.79 Å². The molecular formula is C18H13F2OS+. The zero-order chi connectivity index (χ0) is 15.5. The van der Waals surface area contributed by atoms with E-state index in [2.05, 4.69) is 0 Å². The normalized spacial score (nSPS) is 10.9. The Morgan fingerprint density at radius 2 is 1.09 bits per heavy atom. The lowest BCUT2D eigenvalue weighted by atomic mass is 10.3. The molecule has 0 aliphatic rings. The van der Waals surface area contributed by atoms with Crippen LogP contribution in [0.1, 0.15) is 0 Å². The van der Waals surface area contributed by atoms with Gasteiger partial charge in [-0.25, -0.2) is 8.78 Å². The number of hydrogen-bond donors (Lipinski definition) is 1. The molecule has 0 spiro atoms. The molecule has 110 valence electrons. The van der Waals surface area contributed by atoms with Gasteiger partial charge in [-0.15, -0.1) is 0 Å². The molecule has 0 aliphatic carbocycles. The number of benzene rings is 3. The predicted molar refractivity (Wildman–Crippen MR) is 83.1 cm³/mol. The predicted octanol–water partition coefficient (Wildman–Crippen LogP) is 4.77. The fraction of sp³-hybridized carbons (Fsp3) is 0. The van der Waals surface area contributed by atoms with Gasteiger partial charge in [0, 0.05) is 0 Å². The molecule has 0 saturated heterocycles. The summed E-state index contributed by atoms with van der Waals surface area (Å²) in [6.07, 6.45) is 0. The molecule has 1 N–H and O–H groups in total. The average molecular weight is 315 g/mol. The molecule has 0 atom stereocenters. The summed E-state index contributed by atoms with van der Waals surface area (Å²) in [5.74, 6) is -0.626. The lowest BCUT2D eigenvalue weighted by Crippen LogP contribution is -2.08. The van der Waals surface area contributed by atoms with Crippen molar-refractivity contribution in [2.45, 2.75) is 14.7 Å². The summed E-state index contributed by atoms with van der Waals surface area (Å²) in [4.78, 5) is 1.60. The van der Waals surface area contributed by atoms with Gasteiger partial charge < -0.3 is 5.11 Å². The van der Waals surface area contributed by atoms with Crippen molar-refractivity contribution in [1.82, 2.24) is 0 Å². The maximum Gasteiger partial charge on any atom is 0.202 e. The summed E-state index contributed by atoms with van der Waals surface area (Å²) >= 11 is 0. The van der Waals surface area contributed by atoms with Crippen LogP contribution in [0.3, 0.4) is 0 Å². The molecular weight excluding hydrogens is 302 g/mol. The maximum absolute atomic E-state index is 14.3. The third kappa shape index (κ3) is 2.83.